The minimum Gasteiger partial charge on any atom is -0.493 e. The van der Waals surface area contributed by atoms with E-state index in [4.69, 9.17) is 9.47 Å². The number of nitrogens with one attached hydrogen (secondary N) is 1. The first-order valence-corrected chi connectivity index (χ1v) is 7.24. The van der Waals surface area contributed by atoms with E-state index >= 15 is 0 Å². The van der Waals surface area contributed by atoms with Crippen molar-refractivity contribution in [2.24, 2.45) is 0 Å². The maximum atomic E-state index is 6.01. The minimum atomic E-state index is -0.277. The van der Waals surface area contributed by atoms with Crippen molar-refractivity contribution >= 4 is 18.5 Å². The van der Waals surface area contributed by atoms with Gasteiger partial charge in [0.15, 0.2) is 11.5 Å². The molecule has 118 valence electrons. The van der Waals surface area contributed by atoms with Crippen LogP contribution in [0.25, 0.3) is 6.08 Å². The van der Waals surface area contributed by atoms with Crippen molar-refractivity contribution in [3.63, 3.8) is 0 Å². The second kappa shape index (κ2) is 7.19. The Morgan fingerprint density at radius 1 is 1.29 bits per heavy atom. The summed E-state index contributed by atoms with van der Waals surface area (Å²) in [5, 5.41) is 3.43. The van der Waals surface area contributed by atoms with Gasteiger partial charge in [-0.3, -0.25) is 0 Å². The van der Waals surface area contributed by atoms with E-state index in [1.807, 2.05) is 13.8 Å². The number of rotatable bonds is 5. The van der Waals surface area contributed by atoms with Crippen LogP contribution >= 0.6 is 12.4 Å². The van der Waals surface area contributed by atoms with Crippen molar-refractivity contribution in [1.29, 1.82) is 0 Å². The molecule has 2 rings (SSSR count). The zero-order chi connectivity index (χ0) is 14.8. The second-order valence-electron chi connectivity index (χ2n) is 6.11. The predicted molar refractivity (Wildman–Crippen MR) is 90.8 cm³/mol. The highest BCUT2D eigenvalue weighted by molar-refractivity contribution is 5.85. The minimum absolute atomic E-state index is 0. The lowest BCUT2D eigenvalue weighted by Crippen LogP contribution is -2.28. The average molecular weight is 312 g/mol. The van der Waals surface area contributed by atoms with Gasteiger partial charge in [-0.05, 0) is 50.6 Å². The Kier molecular flexibility index (Phi) is 6.11. The van der Waals surface area contributed by atoms with Crippen LogP contribution in [0.4, 0.5) is 0 Å². The molecule has 0 fully saturated rings. The third-order valence-corrected chi connectivity index (χ3v) is 3.36. The molecule has 0 radical (unpaired) electrons. The lowest BCUT2D eigenvalue weighted by molar-refractivity contribution is 0.152. The van der Waals surface area contributed by atoms with Gasteiger partial charge in [-0.25, -0.2) is 0 Å². The fraction of sp³-hybridized carbons (Fsp3) is 0.529. The molecule has 1 aliphatic rings. The molecule has 1 N–H and O–H groups in total. The fourth-order valence-electron chi connectivity index (χ4n) is 2.30. The molecule has 4 heteroatoms. The van der Waals surface area contributed by atoms with Crippen LogP contribution in [0.1, 0.15) is 38.8 Å². The van der Waals surface area contributed by atoms with E-state index in [0.29, 0.717) is 6.04 Å². The molecular formula is C17H26ClNO2. The van der Waals surface area contributed by atoms with Crippen LogP contribution in [-0.4, -0.2) is 25.3 Å². The van der Waals surface area contributed by atoms with Crippen LogP contribution in [0, 0.1) is 0 Å². The Labute approximate surface area is 134 Å². The van der Waals surface area contributed by atoms with Crippen LogP contribution in [0.15, 0.2) is 18.2 Å². The molecule has 21 heavy (non-hydrogen) atoms. The van der Waals surface area contributed by atoms with E-state index in [2.05, 4.69) is 43.4 Å². The third kappa shape index (κ3) is 4.65. The van der Waals surface area contributed by atoms with Gasteiger partial charge in [-0.2, -0.15) is 0 Å². The molecule has 1 heterocycles. The summed E-state index contributed by atoms with van der Waals surface area (Å²) in [6.45, 7) is 9.38. The molecule has 1 aromatic rings. The van der Waals surface area contributed by atoms with Crippen molar-refractivity contribution in [1.82, 2.24) is 5.32 Å². The normalized spacial score (nSPS) is 15.1. The molecule has 1 aliphatic heterocycles. The smallest absolute Gasteiger partial charge is 0.169 e. The van der Waals surface area contributed by atoms with E-state index in [1.165, 1.54) is 5.56 Å². The zero-order valence-corrected chi connectivity index (χ0v) is 14.3. The van der Waals surface area contributed by atoms with E-state index in [1.54, 1.807) is 7.11 Å². The summed E-state index contributed by atoms with van der Waals surface area (Å²) >= 11 is 0. The summed E-state index contributed by atoms with van der Waals surface area (Å²) in [4.78, 5) is 0. The van der Waals surface area contributed by atoms with Gasteiger partial charge >= 0.3 is 0 Å². The highest BCUT2D eigenvalue weighted by Gasteiger charge is 2.24. The summed E-state index contributed by atoms with van der Waals surface area (Å²) < 4.78 is 11.5. The van der Waals surface area contributed by atoms with Crippen molar-refractivity contribution in [3.05, 3.63) is 29.3 Å². The maximum Gasteiger partial charge on any atom is 0.169 e. The fourth-order valence-corrected chi connectivity index (χ4v) is 2.30. The first kappa shape index (κ1) is 17.9. The van der Waals surface area contributed by atoms with Gasteiger partial charge in [0.25, 0.3) is 0 Å². The highest BCUT2D eigenvalue weighted by atomic mass is 35.5. The number of hydrogen-bond acceptors (Lipinski definition) is 3. The number of fused-ring (bicyclic) bond motifs is 1. The van der Waals surface area contributed by atoms with Gasteiger partial charge in [-0.1, -0.05) is 19.9 Å². The maximum absolute atomic E-state index is 6.01. The highest BCUT2D eigenvalue weighted by Crippen LogP contribution is 2.39. The zero-order valence-electron chi connectivity index (χ0n) is 13.5. The standard InChI is InChI=1S/C17H25NO2.ClH/c1-12(2)18-9-7-13-10-14-6-8-17(3,4)20-16(14)15(11-13)19-5;/h6,8,10-12,18H,7,9H2,1-5H3;1H. The van der Waals surface area contributed by atoms with E-state index in [0.717, 1.165) is 30.0 Å². The quantitative estimate of drug-likeness (QED) is 0.896. The summed E-state index contributed by atoms with van der Waals surface area (Å²) in [6.07, 6.45) is 5.20. The van der Waals surface area contributed by atoms with Gasteiger partial charge in [-0.15, -0.1) is 12.4 Å². The Balaban J connectivity index is 0.00000220. The van der Waals surface area contributed by atoms with Crippen LogP contribution < -0.4 is 14.8 Å². The molecule has 0 amide bonds. The summed E-state index contributed by atoms with van der Waals surface area (Å²) in [6, 6.07) is 4.78. The Hall–Kier alpha value is -1.19. The first-order valence-electron chi connectivity index (χ1n) is 7.24. The third-order valence-electron chi connectivity index (χ3n) is 3.36. The number of benzene rings is 1. The Morgan fingerprint density at radius 2 is 2.00 bits per heavy atom. The molecule has 0 saturated heterocycles. The van der Waals surface area contributed by atoms with Crippen LogP contribution in [-0.2, 0) is 6.42 Å². The van der Waals surface area contributed by atoms with Crippen LogP contribution in [0.5, 0.6) is 11.5 Å². The van der Waals surface area contributed by atoms with E-state index in [-0.39, 0.29) is 18.0 Å². The van der Waals surface area contributed by atoms with Gasteiger partial charge in [0.05, 0.1) is 7.11 Å². The van der Waals surface area contributed by atoms with Gasteiger partial charge in [0, 0.05) is 11.6 Å². The second-order valence-corrected chi connectivity index (χ2v) is 6.11. The topological polar surface area (TPSA) is 30.5 Å². The molecular weight excluding hydrogens is 286 g/mol. The number of methoxy groups -OCH3 is 1. The van der Waals surface area contributed by atoms with Crippen LogP contribution in [0.3, 0.4) is 0 Å². The van der Waals surface area contributed by atoms with Crippen molar-refractivity contribution in [3.8, 4) is 11.5 Å². The predicted octanol–water partition coefficient (Wildman–Crippen LogP) is 3.84. The molecule has 0 atom stereocenters. The van der Waals surface area contributed by atoms with Crippen molar-refractivity contribution < 1.29 is 9.47 Å². The van der Waals surface area contributed by atoms with Gasteiger partial charge in [0.2, 0.25) is 0 Å². The molecule has 0 spiro atoms. The number of hydrogen-bond donors (Lipinski definition) is 1. The van der Waals surface area contributed by atoms with E-state index in [9.17, 15) is 0 Å². The Morgan fingerprint density at radius 3 is 2.62 bits per heavy atom. The first-order chi connectivity index (χ1) is 9.41. The molecule has 3 nitrogen and oxygen atoms in total. The molecule has 0 saturated carbocycles. The van der Waals surface area contributed by atoms with Gasteiger partial charge in [0.1, 0.15) is 5.60 Å². The lowest BCUT2D eigenvalue weighted by atomic mass is 9.99. The Bertz CT molecular complexity index is 510. The monoisotopic (exact) mass is 311 g/mol. The van der Waals surface area contributed by atoms with Crippen molar-refractivity contribution in [2.45, 2.75) is 45.8 Å². The summed E-state index contributed by atoms with van der Waals surface area (Å²) in [5.41, 5.74) is 2.09. The summed E-state index contributed by atoms with van der Waals surface area (Å²) in [5.74, 6) is 1.67. The number of ether oxygens (including phenoxy) is 2. The largest absolute Gasteiger partial charge is 0.493 e. The molecule has 0 bridgehead atoms. The van der Waals surface area contributed by atoms with Crippen LogP contribution in [0.2, 0.25) is 0 Å². The van der Waals surface area contributed by atoms with Gasteiger partial charge < -0.3 is 14.8 Å². The average Bonchev–Trinajstić information content (AvgIpc) is 2.37. The molecule has 1 aromatic carbocycles. The van der Waals surface area contributed by atoms with Crippen molar-refractivity contribution in [2.75, 3.05) is 13.7 Å². The molecule has 0 aliphatic carbocycles. The SMILES string of the molecule is COc1cc(CCNC(C)C)cc2c1OC(C)(C)C=C2.Cl. The summed E-state index contributed by atoms with van der Waals surface area (Å²) in [7, 11) is 1.69. The number of halogens is 1. The molecule has 0 unspecified atom stereocenters. The molecule has 0 aromatic heterocycles. The lowest BCUT2D eigenvalue weighted by Gasteiger charge is -2.29. The van der Waals surface area contributed by atoms with E-state index < -0.39 is 0 Å².